The van der Waals surface area contributed by atoms with Crippen LogP contribution in [0.5, 0.6) is 0 Å². The maximum atomic E-state index is 3.50. The van der Waals surface area contributed by atoms with E-state index in [1.165, 1.54) is 24.1 Å². The Labute approximate surface area is 92.1 Å². The van der Waals surface area contributed by atoms with Crippen molar-refractivity contribution >= 4 is 5.69 Å². The highest BCUT2D eigenvalue weighted by atomic mass is 14.9. The number of para-hydroxylation sites is 1. The summed E-state index contributed by atoms with van der Waals surface area (Å²) < 4.78 is 0. The average Bonchev–Trinajstić information content (AvgIpc) is 2.29. The molecule has 0 bridgehead atoms. The van der Waals surface area contributed by atoms with Gasteiger partial charge in [0.05, 0.1) is 0 Å². The van der Waals surface area contributed by atoms with Gasteiger partial charge in [0, 0.05) is 12.2 Å². The molecule has 0 spiro atoms. The zero-order valence-electron chi connectivity index (χ0n) is 9.42. The normalized spacial score (nSPS) is 19.4. The molecule has 2 heteroatoms. The van der Waals surface area contributed by atoms with Crippen LogP contribution in [0.3, 0.4) is 0 Å². The number of fused-ring (bicyclic) bond motifs is 1. The Kier molecular flexibility index (Phi) is 3.62. The number of nitrogens with one attached hydrogen (secondary N) is 2. The van der Waals surface area contributed by atoms with Gasteiger partial charge in [-0.1, -0.05) is 25.1 Å². The SMILES string of the molecule is CCCNCC1CNc2ccccc2C1. The van der Waals surface area contributed by atoms with Crippen molar-refractivity contribution in [2.45, 2.75) is 19.8 Å². The van der Waals surface area contributed by atoms with Gasteiger partial charge in [0.15, 0.2) is 0 Å². The van der Waals surface area contributed by atoms with Gasteiger partial charge in [-0.25, -0.2) is 0 Å². The molecule has 15 heavy (non-hydrogen) atoms. The molecular weight excluding hydrogens is 184 g/mol. The summed E-state index contributed by atoms with van der Waals surface area (Å²) in [4.78, 5) is 0. The molecule has 0 amide bonds. The Balaban J connectivity index is 1.88. The fourth-order valence-electron chi connectivity index (χ4n) is 2.14. The molecule has 2 nitrogen and oxygen atoms in total. The van der Waals surface area contributed by atoms with Crippen molar-refractivity contribution in [1.82, 2.24) is 5.32 Å². The standard InChI is InChI=1S/C13H20N2/c1-2-7-14-9-11-8-12-5-3-4-6-13(12)15-10-11/h3-6,11,14-15H,2,7-10H2,1H3. The molecule has 1 aliphatic heterocycles. The lowest BCUT2D eigenvalue weighted by molar-refractivity contribution is 0.484. The maximum Gasteiger partial charge on any atom is 0.0372 e. The van der Waals surface area contributed by atoms with Crippen LogP contribution < -0.4 is 10.6 Å². The second kappa shape index (κ2) is 5.17. The molecule has 0 saturated heterocycles. The first-order valence-electron chi connectivity index (χ1n) is 5.92. The van der Waals surface area contributed by atoms with Crippen molar-refractivity contribution in [3.63, 3.8) is 0 Å². The Morgan fingerprint density at radius 2 is 2.27 bits per heavy atom. The lowest BCUT2D eigenvalue weighted by Crippen LogP contribution is -2.32. The second-order valence-corrected chi connectivity index (χ2v) is 4.31. The van der Waals surface area contributed by atoms with Gasteiger partial charge in [0.1, 0.15) is 0 Å². The van der Waals surface area contributed by atoms with Crippen LogP contribution in [0, 0.1) is 5.92 Å². The van der Waals surface area contributed by atoms with Crippen molar-refractivity contribution in [2.24, 2.45) is 5.92 Å². The van der Waals surface area contributed by atoms with Gasteiger partial charge in [0.2, 0.25) is 0 Å². The lowest BCUT2D eigenvalue weighted by atomic mass is 9.94. The van der Waals surface area contributed by atoms with E-state index in [0.29, 0.717) is 0 Å². The third-order valence-corrected chi connectivity index (χ3v) is 2.97. The Morgan fingerprint density at radius 3 is 3.13 bits per heavy atom. The Bertz CT molecular complexity index is 309. The van der Waals surface area contributed by atoms with Crippen LogP contribution in [0.25, 0.3) is 0 Å². The van der Waals surface area contributed by atoms with E-state index in [2.05, 4.69) is 41.8 Å². The first-order valence-corrected chi connectivity index (χ1v) is 5.92. The Hall–Kier alpha value is -1.02. The van der Waals surface area contributed by atoms with E-state index in [4.69, 9.17) is 0 Å². The molecular formula is C13H20N2. The number of rotatable bonds is 4. The summed E-state index contributed by atoms with van der Waals surface area (Å²) in [5.74, 6) is 0.742. The van der Waals surface area contributed by atoms with Crippen molar-refractivity contribution < 1.29 is 0 Å². The third kappa shape index (κ3) is 2.72. The van der Waals surface area contributed by atoms with Crippen molar-refractivity contribution in [3.05, 3.63) is 29.8 Å². The molecule has 82 valence electrons. The van der Waals surface area contributed by atoms with Crippen LogP contribution >= 0.6 is 0 Å². The minimum absolute atomic E-state index is 0.742. The number of benzene rings is 1. The topological polar surface area (TPSA) is 24.1 Å². The van der Waals surface area contributed by atoms with E-state index in [1.807, 2.05) is 0 Å². The average molecular weight is 204 g/mol. The van der Waals surface area contributed by atoms with Crippen LogP contribution in [0.2, 0.25) is 0 Å². The van der Waals surface area contributed by atoms with E-state index in [-0.39, 0.29) is 0 Å². The first-order chi connectivity index (χ1) is 7.40. The van der Waals surface area contributed by atoms with E-state index >= 15 is 0 Å². The second-order valence-electron chi connectivity index (χ2n) is 4.31. The van der Waals surface area contributed by atoms with Gasteiger partial charge < -0.3 is 10.6 Å². The maximum absolute atomic E-state index is 3.50. The summed E-state index contributed by atoms with van der Waals surface area (Å²) >= 11 is 0. The van der Waals surface area contributed by atoms with Gasteiger partial charge in [-0.3, -0.25) is 0 Å². The first kappa shape index (κ1) is 10.5. The zero-order chi connectivity index (χ0) is 10.5. The van der Waals surface area contributed by atoms with Crippen LogP contribution in [0.1, 0.15) is 18.9 Å². The molecule has 1 aliphatic rings. The molecule has 0 saturated carbocycles. The fourth-order valence-corrected chi connectivity index (χ4v) is 2.14. The van der Waals surface area contributed by atoms with Crippen LogP contribution in [-0.2, 0) is 6.42 Å². The van der Waals surface area contributed by atoms with Gasteiger partial charge >= 0.3 is 0 Å². The van der Waals surface area contributed by atoms with E-state index < -0.39 is 0 Å². The summed E-state index contributed by atoms with van der Waals surface area (Å²) in [7, 11) is 0. The summed E-state index contributed by atoms with van der Waals surface area (Å²) in [6.45, 7) is 5.59. The van der Waals surface area contributed by atoms with Crippen molar-refractivity contribution in [3.8, 4) is 0 Å². The molecule has 1 atom stereocenters. The quantitative estimate of drug-likeness (QED) is 0.735. The van der Waals surface area contributed by atoms with Crippen molar-refractivity contribution in [2.75, 3.05) is 25.0 Å². The summed E-state index contributed by atoms with van der Waals surface area (Å²) in [6.07, 6.45) is 2.43. The van der Waals surface area contributed by atoms with Gasteiger partial charge in [-0.15, -0.1) is 0 Å². The number of anilines is 1. The Morgan fingerprint density at radius 1 is 1.40 bits per heavy atom. The molecule has 2 rings (SSSR count). The monoisotopic (exact) mass is 204 g/mol. The molecule has 1 aromatic rings. The molecule has 0 aliphatic carbocycles. The highest BCUT2D eigenvalue weighted by Crippen LogP contribution is 2.23. The number of hydrogen-bond donors (Lipinski definition) is 2. The molecule has 0 aromatic heterocycles. The molecule has 1 aromatic carbocycles. The third-order valence-electron chi connectivity index (χ3n) is 2.97. The van der Waals surface area contributed by atoms with Crippen LogP contribution in [0.4, 0.5) is 5.69 Å². The zero-order valence-corrected chi connectivity index (χ0v) is 9.42. The highest BCUT2D eigenvalue weighted by molar-refractivity contribution is 5.53. The van der Waals surface area contributed by atoms with Crippen LogP contribution in [-0.4, -0.2) is 19.6 Å². The predicted octanol–water partition coefficient (Wildman–Crippen LogP) is 2.27. The summed E-state index contributed by atoms with van der Waals surface area (Å²) in [6, 6.07) is 8.63. The smallest absolute Gasteiger partial charge is 0.0372 e. The number of hydrogen-bond acceptors (Lipinski definition) is 2. The van der Waals surface area contributed by atoms with Gasteiger partial charge in [0.25, 0.3) is 0 Å². The van der Waals surface area contributed by atoms with Crippen LogP contribution in [0.15, 0.2) is 24.3 Å². The predicted molar refractivity (Wildman–Crippen MR) is 65.3 cm³/mol. The molecule has 0 fully saturated rings. The van der Waals surface area contributed by atoms with Gasteiger partial charge in [-0.05, 0) is 43.5 Å². The van der Waals surface area contributed by atoms with E-state index in [9.17, 15) is 0 Å². The molecule has 0 radical (unpaired) electrons. The summed E-state index contributed by atoms with van der Waals surface area (Å²) in [5, 5.41) is 7.00. The fraction of sp³-hybridized carbons (Fsp3) is 0.538. The minimum Gasteiger partial charge on any atom is -0.384 e. The summed E-state index contributed by atoms with van der Waals surface area (Å²) in [5.41, 5.74) is 2.79. The minimum atomic E-state index is 0.742. The molecule has 1 unspecified atom stereocenters. The van der Waals surface area contributed by atoms with E-state index in [0.717, 1.165) is 25.6 Å². The highest BCUT2D eigenvalue weighted by Gasteiger charge is 2.16. The largest absolute Gasteiger partial charge is 0.384 e. The molecule has 2 N–H and O–H groups in total. The van der Waals surface area contributed by atoms with E-state index in [1.54, 1.807) is 0 Å². The van der Waals surface area contributed by atoms with Gasteiger partial charge in [-0.2, -0.15) is 0 Å². The van der Waals surface area contributed by atoms with Crippen molar-refractivity contribution in [1.29, 1.82) is 0 Å². The lowest BCUT2D eigenvalue weighted by Gasteiger charge is -2.26. The molecule has 1 heterocycles.